The molecular formula is C12H16N2O6S. The normalized spacial score (nSPS) is 14.0. The predicted octanol–water partition coefficient (Wildman–Crippen LogP) is -0.376. The summed E-state index contributed by atoms with van der Waals surface area (Å²) in [5.74, 6) is -2.03. The highest BCUT2D eigenvalue weighted by Gasteiger charge is 2.30. The van der Waals surface area contributed by atoms with Gasteiger partial charge in [-0.15, -0.1) is 0 Å². The van der Waals surface area contributed by atoms with Crippen molar-refractivity contribution in [3.8, 4) is 0 Å². The van der Waals surface area contributed by atoms with Gasteiger partial charge in [-0.05, 0) is 31.2 Å². The van der Waals surface area contributed by atoms with Crippen LogP contribution in [-0.2, 0) is 14.8 Å². The molecule has 0 aliphatic carbocycles. The van der Waals surface area contributed by atoms with Gasteiger partial charge in [-0.2, -0.15) is 0 Å². The molecule has 0 heterocycles. The molecule has 0 aliphatic heterocycles. The van der Waals surface area contributed by atoms with E-state index in [0.29, 0.717) is 5.69 Å². The molecule has 1 amide bonds. The molecule has 1 rings (SSSR count). The second-order valence-electron chi connectivity index (χ2n) is 4.71. The van der Waals surface area contributed by atoms with E-state index in [1.807, 2.05) is 0 Å². The zero-order valence-corrected chi connectivity index (χ0v) is 12.3. The van der Waals surface area contributed by atoms with Crippen LogP contribution in [0.3, 0.4) is 0 Å². The van der Waals surface area contributed by atoms with Gasteiger partial charge in [-0.1, -0.05) is 0 Å². The predicted molar refractivity (Wildman–Crippen MR) is 75.5 cm³/mol. The Bertz CT molecular complexity index is 636. The monoisotopic (exact) mass is 316 g/mol. The minimum absolute atomic E-state index is 0.204. The number of carboxylic acid groups (broad SMARTS) is 1. The van der Waals surface area contributed by atoms with Gasteiger partial charge in [-0.25, -0.2) is 13.2 Å². The second-order valence-corrected chi connectivity index (χ2v) is 6.46. The quantitative estimate of drug-likeness (QED) is 0.565. The Balaban J connectivity index is 2.70. The van der Waals surface area contributed by atoms with Crippen LogP contribution in [0.25, 0.3) is 0 Å². The number of carbonyl (C=O) groups is 2. The molecule has 1 unspecified atom stereocenters. The Kier molecular flexibility index (Phi) is 4.92. The minimum atomic E-state index is -3.40. The van der Waals surface area contributed by atoms with Gasteiger partial charge in [0, 0.05) is 11.3 Å². The number of sulfonamides is 1. The zero-order chi connectivity index (χ0) is 16.3. The van der Waals surface area contributed by atoms with Gasteiger partial charge in [-0.3, -0.25) is 9.52 Å². The zero-order valence-electron chi connectivity index (χ0n) is 11.5. The van der Waals surface area contributed by atoms with Crippen molar-refractivity contribution in [2.75, 3.05) is 17.5 Å². The van der Waals surface area contributed by atoms with Gasteiger partial charge in [0.25, 0.3) is 5.91 Å². The van der Waals surface area contributed by atoms with Crippen LogP contribution in [0.2, 0.25) is 0 Å². The third kappa shape index (κ3) is 5.40. The van der Waals surface area contributed by atoms with Crippen molar-refractivity contribution in [1.82, 2.24) is 5.32 Å². The van der Waals surface area contributed by atoms with Crippen LogP contribution in [0, 0.1) is 0 Å². The smallest absolute Gasteiger partial charge is 0.337 e. The van der Waals surface area contributed by atoms with Gasteiger partial charge in [0.2, 0.25) is 10.0 Å². The van der Waals surface area contributed by atoms with E-state index in [0.717, 1.165) is 13.2 Å². The van der Waals surface area contributed by atoms with Crippen molar-refractivity contribution in [1.29, 1.82) is 0 Å². The van der Waals surface area contributed by atoms with E-state index >= 15 is 0 Å². The standard InChI is InChI=1S/C12H16N2O6S/c1-12(18,11(16)17)7-13-10(15)8-3-5-9(6-4-8)14-21(2,19)20/h3-6,14,18H,7H2,1-2H3,(H,13,15)(H,16,17). The Hall–Kier alpha value is -2.13. The third-order valence-electron chi connectivity index (χ3n) is 2.50. The van der Waals surface area contributed by atoms with Gasteiger partial charge in [0.05, 0.1) is 12.8 Å². The molecule has 0 aromatic heterocycles. The number of carboxylic acids is 1. The van der Waals surface area contributed by atoms with Crippen molar-refractivity contribution in [3.63, 3.8) is 0 Å². The van der Waals surface area contributed by atoms with E-state index in [-0.39, 0.29) is 5.56 Å². The minimum Gasteiger partial charge on any atom is -0.479 e. The van der Waals surface area contributed by atoms with Crippen LogP contribution in [0.15, 0.2) is 24.3 Å². The molecule has 21 heavy (non-hydrogen) atoms. The number of amides is 1. The molecule has 0 radical (unpaired) electrons. The Morgan fingerprint density at radius 3 is 2.19 bits per heavy atom. The lowest BCUT2D eigenvalue weighted by molar-refractivity contribution is -0.155. The summed E-state index contributed by atoms with van der Waals surface area (Å²) in [6.45, 7) is 0.610. The highest BCUT2D eigenvalue weighted by molar-refractivity contribution is 7.92. The van der Waals surface area contributed by atoms with Crippen molar-refractivity contribution in [3.05, 3.63) is 29.8 Å². The highest BCUT2D eigenvalue weighted by Crippen LogP contribution is 2.11. The molecule has 0 saturated heterocycles. The van der Waals surface area contributed by atoms with E-state index in [9.17, 15) is 23.1 Å². The van der Waals surface area contributed by atoms with Crippen LogP contribution in [0.4, 0.5) is 5.69 Å². The lowest BCUT2D eigenvalue weighted by Crippen LogP contribution is -2.46. The molecule has 0 aliphatic rings. The summed E-state index contributed by atoms with van der Waals surface area (Å²) < 4.78 is 24.3. The molecule has 116 valence electrons. The number of benzene rings is 1. The highest BCUT2D eigenvalue weighted by atomic mass is 32.2. The van der Waals surface area contributed by atoms with E-state index in [1.54, 1.807) is 0 Å². The van der Waals surface area contributed by atoms with Crippen LogP contribution < -0.4 is 10.0 Å². The fourth-order valence-corrected chi connectivity index (χ4v) is 1.90. The fourth-order valence-electron chi connectivity index (χ4n) is 1.33. The molecule has 0 saturated carbocycles. The lowest BCUT2D eigenvalue weighted by Gasteiger charge is -2.18. The molecule has 4 N–H and O–H groups in total. The van der Waals surface area contributed by atoms with Crippen molar-refractivity contribution >= 4 is 27.6 Å². The first-order chi connectivity index (χ1) is 9.51. The van der Waals surface area contributed by atoms with Crippen molar-refractivity contribution in [2.45, 2.75) is 12.5 Å². The number of hydrogen-bond donors (Lipinski definition) is 4. The summed E-state index contributed by atoms with van der Waals surface area (Å²) in [5, 5.41) is 20.5. The van der Waals surface area contributed by atoms with Gasteiger partial charge >= 0.3 is 5.97 Å². The third-order valence-corrected chi connectivity index (χ3v) is 3.11. The average Bonchev–Trinajstić information content (AvgIpc) is 2.35. The van der Waals surface area contributed by atoms with E-state index < -0.39 is 34.0 Å². The summed E-state index contributed by atoms with van der Waals surface area (Å²) in [6.07, 6.45) is 1.00. The van der Waals surface area contributed by atoms with Crippen LogP contribution in [0.5, 0.6) is 0 Å². The number of anilines is 1. The molecule has 0 fully saturated rings. The maximum Gasteiger partial charge on any atom is 0.337 e. The Morgan fingerprint density at radius 1 is 1.24 bits per heavy atom. The van der Waals surface area contributed by atoms with E-state index in [4.69, 9.17) is 5.11 Å². The van der Waals surface area contributed by atoms with Crippen LogP contribution in [0.1, 0.15) is 17.3 Å². The largest absolute Gasteiger partial charge is 0.479 e. The van der Waals surface area contributed by atoms with Crippen LogP contribution in [-0.4, -0.2) is 48.9 Å². The summed E-state index contributed by atoms with van der Waals surface area (Å²) in [4.78, 5) is 22.4. The van der Waals surface area contributed by atoms with Crippen molar-refractivity contribution in [2.24, 2.45) is 0 Å². The van der Waals surface area contributed by atoms with Crippen molar-refractivity contribution < 1.29 is 28.2 Å². The maximum atomic E-state index is 11.8. The van der Waals surface area contributed by atoms with Gasteiger partial charge in [0.15, 0.2) is 5.60 Å². The Labute approximate surface area is 121 Å². The van der Waals surface area contributed by atoms with Gasteiger partial charge < -0.3 is 15.5 Å². The molecule has 8 nitrogen and oxygen atoms in total. The molecule has 1 aromatic carbocycles. The summed E-state index contributed by atoms with van der Waals surface area (Å²) >= 11 is 0. The van der Waals surface area contributed by atoms with Gasteiger partial charge in [0.1, 0.15) is 0 Å². The molecule has 0 spiro atoms. The number of carbonyl (C=O) groups excluding carboxylic acids is 1. The SMILES string of the molecule is CC(O)(CNC(=O)c1ccc(NS(C)(=O)=O)cc1)C(=O)O. The Morgan fingerprint density at radius 2 is 1.76 bits per heavy atom. The van der Waals surface area contributed by atoms with E-state index in [1.165, 1.54) is 24.3 Å². The molecular weight excluding hydrogens is 300 g/mol. The second kappa shape index (κ2) is 6.10. The maximum absolute atomic E-state index is 11.8. The summed E-state index contributed by atoms with van der Waals surface area (Å²) in [7, 11) is -3.40. The van der Waals surface area contributed by atoms with E-state index in [2.05, 4.69) is 10.0 Å². The molecule has 1 atom stereocenters. The first-order valence-electron chi connectivity index (χ1n) is 5.83. The lowest BCUT2D eigenvalue weighted by atomic mass is 10.1. The molecule has 9 heteroatoms. The number of hydrogen-bond acceptors (Lipinski definition) is 5. The number of nitrogens with one attached hydrogen (secondary N) is 2. The van der Waals surface area contributed by atoms with Crippen LogP contribution >= 0.6 is 0 Å². The fraction of sp³-hybridized carbons (Fsp3) is 0.333. The number of rotatable bonds is 6. The topological polar surface area (TPSA) is 133 Å². The first-order valence-corrected chi connectivity index (χ1v) is 7.72. The molecule has 0 bridgehead atoms. The number of aliphatic carboxylic acids is 1. The summed E-state index contributed by atoms with van der Waals surface area (Å²) in [6, 6.07) is 5.53. The number of aliphatic hydroxyl groups is 1. The first kappa shape index (κ1) is 16.9. The molecule has 1 aromatic rings. The summed E-state index contributed by atoms with van der Waals surface area (Å²) in [5.41, 5.74) is -1.56. The average molecular weight is 316 g/mol.